The van der Waals surface area contributed by atoms with E-state index in [0.717, 1.165) is 0 Å². The van der Waals surface area contributed by atoms with E-state index in [-0.39, 0.29) is 65.8 Å². The number of rotatable bonds is 7. The fraction of sp³-hybridized carbons (Fsp3) is 0.467. The number of nitrogens with one attached hydrogen (secondary N) is 2. The van der Waals surface area contributed by atoms with Crippen molar-refractivity contribution in [3.8, 4) is 0 Å². The van der Waals surface area contributed by atoms with Crippen molar-refractivity contribution in [1.29, 1.82) is 0 Å². The largest absolute Gasteiger partial charge is 0.417 e. The number of alkyl halides is 5. The van der Waals surface area contributed by atoms with E-state index in [1.165, 1.54) is 12.1 Å². The second-order valence-electron chi connectivity index (χ2n) is 11.4. The molecule has 1 unspecified atom stereocenters. The Bertz CT molecular complexity index is 1420. The molecule has 1 aromatic heterocycles. The Balaban J connectivity index is 1.35. The highest BCUT2D eigenvalue weighted by Gasteiger charge is 2.60. The molecule has 1 aromatic carbocycles. The van der Waals surface area contributed by atoms with E-state index in [1.807, 2.05) is 4.90 Å². The van der Waals surface area contributed by atoms with Gasteiger partial charge >= 0.3 is 6.18 Å². The summed E-state index contributed by atoms with van der Waals surface area (Å²) < 4.78 is 82.8. The number of benzene rings is 1. The van der Waals surface area contributed by atoms with Gasteiger partial charge < -0.3 is 10.6 Å². The molecule has 2 saturated carbocycles. The third-order valence-electron chi connectivity index (χ3n) is 8.45. The second kappa shape index (κ2) is 10.8. The number of hydrogen-bond acceptors (Lipinski definition) is 4. The van der Waals surface area contributed by atoms with Crippen molar-refractivity contribution < 1.29 is 31.1 Å². The maximum absolute atomic E-state index is 14.6. The lowest BCUT2D eigenvalue weighted by Gasteiger charge is -2.28. The van der Waals surface area contributed by atoms with Gasteiger partial charge in [-0.25, -0.2) is 18.2 Å². The minimum absolute atomic E-state index is 0.0996. The quantitative estimate of drug-likeness (QED) is 0.345. The Morgan fingerprint density at radius 3 is 2.61 bits per heavy atom. The van der Waals surface area contributed by atoms with Gasteiger partial charge in [-0.1, -0.05) is 24.8 Å². The van der Waals surface area contributed by atoms with Crippen LogP contribution in [0.4, 0.5) is 32.0 Å². The molecule has 41 heavy (non-hydrogen) atoms. The number of hydrogen-bond donors (Lipinski definition) is 2. The lowest BCUT2D eigenvalue weighted by molar-refractivity contribution is -0.124. The summed E-state index contributed by atoms with van der Waals surface area (Å²) in [5, 5.41) is 6.48. The van der Waals surface area contributed by atoms with E-state index in [4.69, 9.17) is 0 Å². The van der Waals surface area contributed by atoms with E-state index in [2.05, 4.69) is 22.2 Å². The highest BCUT2D eigenvalue weighted by Crippen LogP contribution is 2.63. The summed E-state index contributed by atoms with van der Waals surface area (Å²) in [6.07, 6.45) is -0.370. The molecule has 5 rings (SSSR count). The number of halogens is 6. The van der Waals surface area contributed by atoms with Crippen LogP contribution in [-0.4, -0.2) is 54.6 Å². The summed E-state index contributed by atoms with van der Waals surface area (Å²) in [6.45, 7) is 4.11. The van der Waals surface area contributed by atoms with Gasteiger partial charge in [0.2, 0.25) is 11.8 Å². The van der Waals surface area contributed by atoms with Crippen molar-refractivity contribution in [2.24, 2.45) is 11.3 Å². The second-order valence-corrected chi connectivity index (χ2v) is 11.4. The Labute approximate surface area is 234 Å². The molecular weight excluding hydrogens is 546 g/mol. The lowest BCUT2D eigenvalue weighted by Crippen LogP contribution is -2.31. The number of likely N-dealkylation sites (N-methyl/N-ethyl adjacent to an activating group) is 1. The maximum atomic E-state index is 14.6. The number of nitrogens with zero attached hydrogens (tertiary/aromatic N) is 2. The van der Waals surface area contributed by atoms with Crippen molar-refractivity contribution in [3.63, 3.8) is 0 Å². The molecule has 1 spiro atoms. The number of allylic oxidation sites excluding steroid dienone is 1. The number of aromatic nitrogens is 1. The Morgan fingerprint density at radius 2 is 1.93 bits per heavy atom. The summed E-state index contributed by atoms with van der Waals surface area (Å²) in [5.41, 5.74) is -0.761. The first-order valence-electron chi connectivity index (χ1n) is 13.6. The highest BCUT2D eigenvalue weighted by atomic mass is 19.4. The van der Waals surface area contributed by atoms with Crippen LogP contribution < -0.4 is 10.6 Å². The molecule has 1 atom stereocenters. The zero-order chi connectivity index (χ0) is 29.6. The Hall–Kier alpha value is -3.34. The van der Waals surface area contributed by atoms with Crippen molar-refractivity contribution in [3.05, 3.63) is 59.8 Å². The van der Waals surface area contributed by atoms with Crippen molar-refractivity contribution in [2.75, 3.05) is 32.0 Å². The fourth-order valence-corrected chi connectivity index (χ4v) is 5.85. The SMILES string of the molecule is C=C(c1nc(/C=C/CNC(=O)C2CC23CCC(F)(F)CC3)cc2c(NC3=C(F)CN(C)CC3)cccc12)C(F)(F)F. The number of pyridine rings is 1. The normalized spacial score (nSPS) is 22.4. The molecule has 1 amide bonds. The highest BCUT2D eigenvalue weighted by molar-refractivity contribution is 6.01. The molecule has 0 bridgehead atoms. The molecule has 11 heteroatoms. The molecule has 0 saturated heterocycles. The maximum Gasteiger partial charge on any atom is 0.417 e. The van der Waals surface area contributed by atoms with Crippen LogP contribution in [0.1, 0.15) is 49.9 Å². The van der Waals surface area contributed by atoms with E-state index in [0.29, 0.717) is 49.0 Å². The van der Waals surface area contributed by atoms with Crippen LogP contribution in [-0.2, 0) is 4.79 Å². The third kappa shape index (κ3) is 6.29. The van der Waals surface area contributed by atoms with Gasteiger partial charge in [-0.2, -0.15) is 13.2 Å². The van der Waals surface area contributed by atoms with Gasteiger partial charge in [0.25, 0.3) is 0 Å². The Kier molecular flexibility index (Phi) is 7.69. The molecule has 220 valence electrons. The molecule has 2 aromatic rings. The molecule has 1 aliphatic heterocycles. The number of anilines is 1. The average molecular weight is 579 g/mol. The van der Waals surface area contributed by atoms with Crippen molar-refractivity contribution in [2.45, 2.75) is 50.6 Å². The van der Waals surface area contributed by atoms with Crippen LogP contribution >= 0.6 is 0 Å². The van der Waals surface area contributed by atoms with Crippen LogP contribution in [0.2, 0.25) is 0 Å². The van der Waals surface area contributed by atoms with Crippen LogP contribution in [0, 0.1) is 11.3 Å². The zero-order valence-electron chi connectivity index (χ0n) is 22.7. The molecular formula is C30H32F6N4O. The summed E-state index contributed by atoms with van der Waals surface area (Å²) in [5.74, 6) is -3.50. The van der Waals surface area contributed by atoms with E-state index < -0.39 is 17.7 Å². The first kappa shape index (κ1) is 29.2. The van der Waals surface area contributed by atoms with Crippen LogP contribution in [0.5, 0.6) is 0 Å². The molecule has 2 aliphatic carbocycles. The average Bonchev–Trinajstić information content (AvgIpc) is 3.63. The summed E-state index contributed by atoms with van der Waals surface area (Å²) in [4.78, 5) is 18.7. The van der Waals surface area contributed by atoms with Crippen molar-refractivity contribution >= 4 is 34.0 Å². The van der Waals surface area contributed by atoms with Gasteiger partial charge in [-0.3, -0.25) is 9.69 Å². The molecule has 2 N–H and O–H groups in total. The fourth-order valence-electron chi connectivity index (χ4n) is 5.85. The van der Waals surface area contributed by atoms with Gasteiger partial charge in [0.15, 0.2) is 0 Å². The smallest absolute Gasteiger partial charge is 0.356 e. The number of carbonyl (C=O) groups excluding carboxylic acids is 1. The van der Waals surface area contributed by atoms with Gasteiger partial charge in [0, 0.05) is 60.4 Å². The van der Waals surface area contributed by atoms with E-state index in [9.17, 15) is 31.1 Å². The summed E-state index contributed by atoms with van der Waals surface area (Å²) >= 11 is 0. The topological polar surface area (TPSA) is 57.3 Å². The first-order chi connectivity index (χ1) is 19.3. The predicted molar refractivity (Wildman–Crippen MR) is 147 cm³/mol. The number of fused-ring (bicyclic) bond motifs is 1. The minimum Gasteiger partial charge on any atom is -0.356 e. The predicted octanol–water partition coefficient (Wildman–Crippen LogP) is 7.08. The van der Waals surface area contributed by atoms with Crippen molar-refractivity contribution in [1.82, 2.24) is 15.2 Å². The standard InChI is InChI=1S/C30H32F6N4O/c1-18(30(34,35)36)26-20-6-3-7-24(39-25-8-14-40(2)17-23(25)31)21(20)15-19(38-26)5-4-13-37-27(41)22-16-28(22)9-11-29(32,33)12-10-28/h3-7,15,22,39H,1,8-14,16-17H2,2H3,(H,37,41)/b5-4+. The first-order valence-corrected chi connectivity index (χ1v) is 13.6. The molecule has 0 radical (unpaired) electrons. The summed E-state index contributed by atoms with van der Waals surface area (Å²) in [6, 6.07) is 6.37. The van der Waals surface area contributed by atoms with Gasteiger partial charge in [-0.05, 0) is 49.9 Å². The van der Waals surface area contributed by atoms with Gasteiger partial charge in [0.1, 0.15) is 5.83 Å². The van der Waals surface area contributed by atoms with E-state index >= 15 is 0 Å². The number of carbonyl (C=O) groups is 1. The van der Waals surface area contributed by atoms with Crippen LogP contribution in [0.15, 0.2) is 48.4 Å². The zero-order valence-corrected chi connectivity index (χ0v) is 22.7. The van der Waals surface area contributed by atoms with Gasteiger partial charge in [-0.15, -0.1) is 0 Å². The molecule has 3 aliphatic rings. The minimum atomic E-state index is -4.72. The van der Waals surface area contributed by atoms with Gasteiger partial charge in [0.05, 0.1) is 23.5 Å². The third-order valence-corrected chi connectivity index (χ3v) is 8.45. The molecule has 5 nitrogen and oxygen atoms in total. The molecule has 2 fully saturated rings. The molecule has 2 heterocycles. The monoisotopic (exact) mass is 578 g/mol. The number of amides is 1. The van der Waals surface area contributed by atoms with Crippen LogP contribution in [0.25, 0.3) is 22.4 Å². The lowest BCUT2D eigenvalue weighted by atomic mass is 9.82. The van der Waals surface area contributed by atoms with E-state index in [1.54, 1.807) is 31.3 Å². The van der Waals surface area contributed by atoms with Crippen LogP contribution in [0.3, 0.4) is 0 Å². The Morgan fingerprint density at radius 1 is 1.20 bits per heavy atom. The summed E-state index contributed by atoms with van der Waals surface area (Å²) in [7, 11) is 1.80.